The van der Waals surface area contributed by atoms with E-state index >= 15 is 0 Å². The Morgan fingerprint density at radius 2 is 2.17 bits per heavy atom. The van der Waals surface area contributed by atoms with Gasteiger partial charge in [-0.05, 0) is 47.9 Å². The van der Waals surface area contributed by atoms with Crippen LogP contribution < -0.4 is 15.2 Å². The first-order valence-corrected chi connectivity index (χ1v) is 9.13. The largest absolute Gasteiger partial charge is 0.493 e. The third kappa shape index (κ3) is 4.75. The van der Waals surface area contributed by atoms with Gasteiger partial charge in [0.25, 0.3) is 0 Å². The van der Waals surface area contributed by atoms with Gasteiger partial charge in [0.05, 0.1) is 19.6 Å². The van der Waals surface area contributed by atoms with Crippen molar-refractivity contribution >= 4 is 5.97 Å². The number of piperidine rings is 1. The van der Waals surface area contributed by atoms with E-state index in [0.717, 1.165) is 19.2 Å². The van der Waals surface area contributed by atoms with Crippen LogP contribution in [-0.4, -0.2) is 50.1 Å². The lowest BCUT2D eigenvalue weighted by atomic mass is 9.79. The Morgan fingerprint density at radius 3 is 2.83 bits per heavy atom. The molecule has 0 spiro atoms. The van der Waals surface area contributed by atoms with Crippen molar-refractivity contribution in [3.05, 3.63) is 23.3 Å². The summed E-state index contributed by atoms with van der Waals surface area (Å²) in [7, 11) is -2.12. The lowest BCUT2D eigenvalue weighted by molar-refractivity contribution is -0.160. The van der Waals surface area contributed by atoms with Gasteiger partial charge in [-0.25, -0.2) is 0 Å². The zero-order chi connectivity index (χ0) is 39.4. The quantitative estimate of drug-likeness (QED) is 0.656. The number of carbonyl (C=O) groups excluding carboxylic acids is 1. The second-order valence-corrected chi connectivity index (χ2v) is 7.18. The van der Waals surface area contributed by atoms with Crippen LogP contribution in [0.3, 0.4) is 0 Å². The molecule has 2 heterocycles. The Morgan fingerprint density at radius 1 is 1.40 bits per heavy atom. The Hall–Kier alpha value is -1.79. The number of benzene rings is 1. The first kappa shape index (κ1) is 8.28. The number of nitrogens with zero attached hydrogens (tertiary/aromatic N) is 1. The lowest BCUT2D eigenvalue weighted by Crippen LogP contribution is -2.51. The van der Waals surface area contributed by atoms with Gasteiger partial charge in [-0.15, -0.1) is 0 Å². The van der Waals surface area contributed by atoms with Gasteiger partial charge in [-0.1, -0.05) is 27.6 Å². The van der Waals surface area contributed by atoms with Crippen LogP contribution in [0.1, 0.15) is 84.9 Å². The maximum Gasteiger partial charge on any atom is 0.323 e. The highest BCUT2D eigenvalue weighted by atomic mass is 16.5. The first-order chi connectivity index (χ1) is 21.9. The molecule has 3 rings (SSSR count). The maximum absolute atomic E-state index is 13.7. The van der Waals surface area contributed by atoms with Gasteiger partial charge in [-0.3, -0.25) is 9.69 Å². The van der Waals surface area contributed by atoms with Crippen LogP contribution in [0.25, 0.3) is 0 Å². The van der Waals surface area contributed by atoms with E-state index in [0.29, 0.717) is 0 Å². The zero-order valence-corrected chi connectivity index (χ0v) is 16.8. The van der Waals surface area contributed by atoms with Crippen molar-refractivity contribution in [2.45, 2.75) is 64.9 Å². The Bertz CT molecular complexity index is 1470. The normalized spacial score (nSPS) is 46.6. The van der Waals surface area contributed by atoms with Gasteiger partial charge in [-0.2, -0.15) is 0 Å². The molecule has 2 aliphatic rings. The number of aryl methyl sites for hydroxylation is 1. The van der Waals surface area contributed by atoms with Crippen LogP contribution in [0.4, 0.5) is 0 Å². The summed E-state index contributed by atoms with van der Waals surface area (Å²) in [5, 5.41) is 0. The molecule has 6 nitrogen and oxygen atoms in total. The molecule has 6 heteroatoms. The number of carbonyl (C=O) groups is 1. The number of esters is 1. The smallest absolute Gasteiger partial charge is 0.323 e. The fraction of sp³-hybridized carbons (Fsp3) is 0.708. The molecule has 0 bridgehead atoms. The number of fused-ring (bicyclic) bond motifs is 3. The molecule has 0 saturated carbocycles. The molecule has 168 valence electrons. The third-order valence-electron chi connectivity index (χ3n) is 4.54. The molecule has 3 unspecified atom stereocenters. The van der Waals surface area contributed by atoms with E-state index < -0.39 is 117 Å². The predicted octanol–water partition coefficient (Wildman–Crippen LogP) is 3.56. The van der Waals surface area contributed by atoms with Crippen LogP contribution in [0.2, 0.25) is 0 Å². The Labute approximate surface area is 209 Å². The van der Waals surface area contributed by atoms with E-state index in [1.807, 2.05) is 0 Å². The molecule has 2 N–H and O–H groups in total. The fourth-order valence-electron chi connectivity index (χ4n) is 3.16. The summed E-state index contributed by atoms with van der Waals surface area (Å²) in [5.41, 5.74) is 4.37. The summed E-state index contributed by atoms with van der Waals surface area (Å²) in [4.78, 5) is 13.8. The molecule has 0 aromatic heterocycles. The molecule has 4 atom stereocenters. The molecule has 0 radical (unpaired) electrons. The summed E-state index contributed by atoms with van der Waals surface area (Å²) in [6.07, 6.45) is -10.2. The number of methoxy groups -OCH3 is 2. The van der Waals surface area contributed by atoms with Crippen LogP contribution in [0, 0.1) is 17.7 Å². The van der Waals surface area contributed by atoms with Crippen molar-refractivity contribution in [3.63, 3.8) is 0 Å². The van der Waals surface area contributed by atoms with E-state index in [-0.39, 0.29) is 4.90 Å². The molecule has 30 heavy (non-hydrogen) atoms. The van der Waals surface area contributed by atoms with Gasteiger partial charge in [0, 0.05) is 53.2 Å². The predicted molar refractivity (Wildman–Crippen MR) is 118 cm³/mol. The fourth-order valence-corrected chi connectivity index (χ4v) is 3.16. The van der Waals surface area contributed by atoms with Crippen LogP contribution >= 0.6 is 0 Å². The van der Waals surface area contributed by atoms with Crippen molar-refractivity contribution < 1.29 is 46.4 Å². The molecular weight excluding hydrogens is 380 g/mol. The zero-order valence-electron chi connectivity index (χ0n) is 36.8. The second kappa shape index (κ2) is 9.56. The second-order valence-electron chi connectivity index (χ2n) is 7.18. The minimum absolute atomic E-state index is 0.101. The number of rotatable bonds is 7. The highest BCUT2D eigenvalue weighted by Crippen LogP contribution is 2.44. The highest BCUT2D eigenvalue weighted by molar-refractivity contribution is 5.76. The number of hydrogen-bond acceptors (Lipinski definition) is 6. The molecule has 1 aromatic rings. The standard InChI is InChI=1S/C24H38N2O4/c1-14(2)9-17-13-26-8-7-16-10-21(28-5)22(29-6)11-18(16)19(26)12-20(17)30-24(27)23(25)15(3)4/h10-11,14-15,17,19-20,23H,7-9,12-13,25H2,1-6H3/t17?,19?,20?,23-/m0/s1/i3D3,4D3,6D3,7D2,8D2,12D2,13D2,15D,17D,23D. The monoisotopic (exact) mass is 438 g/mol. The van der Waals surface area contributed by atoms with Crippen molar-refractivity contribution in [3.8, 4) is 11.5 Å². The Kier molecular flexibility index (Phi) is 2.64. The molecule has 0 amide bonds. The average Bonchev–Trinajstić information content (AvgIpc) is 2.88. The van der Waals surface area contributed by atoms with Crippen LogP contribution in [0.5, 0.6) is 11.5 Å². The van der Waals surface area contributed by atoms with Gasteiger partial charge >= 0.3 is 5.97 Å². The van der Waals surface area contributed by atoms with Gasteiger partial charge in [0.15, 0.2) is 11.5 Å². The van der Waals surface area contributed by atoms with E-state index in [2.05, 4.69) is 0 Å². The van der Waals surface area contributed by atoms with E-state index in [4.69, 9.17) is 40.5 Å². The SMILES string of the molecule is [2H]C([2H])([2H])Oc1cc2c(cc1OC)C([2H])([2H])C([2H])([2H])N1C2C([2H])([2H])C(OC(=O)[C@@]([2H])(N)C([2H])(C([2H])([2H])[2H])C([2H])([2H])[2H])C([2H])(CC(C)C)C1([2H])[2H]. The van der Waals surface area contributed by atoms with Crippen molar-refractivity contribution in [2.24, 2.45) is 23.4 Å². The number of hydrogen-bond donors (Lipinski definition) is 1. The molecule has 0 aliphatic carbocycles. The minimum Gasteiger partial charge on any atom is -0.493 e. The summed E-state index contributed by atoms with van der Waals surface area (Å²) in [5.74, 6) is -11.5. The summed E-state index contributed by atoms with van der Waals surface area (Å²) in [6, 6.07) is -4.85. The molecular formula is C24H38N2O4. The third-order valence-corrected chi connectivity index (χ3v) is 4.54. The number of nitrogens with two attached hydrogens (primary N) is 1. The average molecular weight is 439 g/mol. The molecule has 1 fully saturated rings. The van der Waals surface area contributed by atoms with Crippen molar-refractivity contribution in [1.29, 1.82) is 0 Å². The molecule has 2 aliphatic heterocycles. The van der Waals surface area contributed by atoms with Gasteiger partial charge in [0.2, 0.25) is 0 Å². The van der Waals surface area contributed by atoms with Crippen molar-refractivity contribution in [1.82, 2.24) is 4.90 Å². The molecule has 1 saturated heterocycles. The van der Waals surface area contributed by atoms with E-state index in [9.17, 15) is 11.6 Å². The topological polar surface area (TPSA) is 74.0 Å². The number of ether oxygens (including phenoxy) is 3. The highest BCUT2D eigenvalue weighted by Gasteiger charge is 2.41. The van der Waals surface area contributed by atoms with Gasteiger partial charge in [0.1, 0.15) is 12.1 Å². The summed E-state index contributed by atoms with van der Waals surface area (Å²) >= 11 is 0. The summed E-state index contributed by atoms with van der Waals surface area (Å²) in [6.45, 7) is -12.1. The molecule has 1 aromatic carbocycles. The summed E-state index contributed by atoms with van der Waals surface area (Å²) < 4.78 is 182. The first-order valence-electron chi connectivity index (χ1n) is 19.1. The van der Waals surface area contributed by atoms with Crippen LogP contribution in [-0.2, 0) is 15.9 Å². The Balaban J connectivity index is 2.46. The van der Waals surface area contributed by atoms with E-state index in [1.165, 1.54) is 13.8 Å². The van der Waals surface area contributed by atoms with E-state index in [1.54, 1.807) is 0 Å². The maximum atomic E-state index is 13.7. The van der Waals surface area contributed by atoms with Crippen LogP contribution in [0.15, 0.2) is 12.1 Å². The minimum atomic E-state index is -4.12. The van der Waals surface area contributed by atoms with Crippen molar-refractivity contribution in [2.75, 3.05) is 27.1 Å². The lowest BCUT2D eigenvalue weighted by Gasteiger charge is -2.47. The van der Waals surface area contributed by atoms with Gasteiger partial charge < -0.3 is 19.9 Å².